The normalized spacial score (nSPS) is 12.6. The third-order valence-corrected chi connectivity index (χ3v) is 10.3. The molecule has 0 saturated carbocycles. The summed E-state index contributed by atoms with van der Waals surface area (Å²) in [6.45, 7) is 7.20. The number of carbonyl (C=O) groups excluding carboxylic acids is 2. The van der Waals surface area contributed by atoms with E-state index in [4.69, 9.17) is 16.3 Å². The SMILES string of the molecule is CC[C@@H](C)NC(=O)[C@@H](Cc1ccccc1)N(Cc1cccc(OC)c1)C(=O)CN(c1ccc(C)c(C)c1)S(=O)(=O)c1ccc(Cl)cc1. The number of methoxy groups -OCH3 is 1. The first-order valence-electron chi connectivity index (χ1n) is 15.5. The molecule has 0 aliphatic rings. The summed E-state index contributed by atoms with van der Waals surface area (Å²) in [5, 5.41) is 3.44. The molecule has 0 heterocycles. The second-order valence-corrected chi connectivity index (χ2v) is 13.9. The van der Waals surface area contributed by atoms with Crippen LogP contribution in [0.25, 0.3) is 0 Å². The molecule has 10 heteroatoms. The van der Waals surface area contributed by atoms with Gasteiger partial charge in [0.2, 0.25) is 11.8 Å². The lowest BCUT2D eigenvalue weighted by Crippen LogP contribution is -2.54. The Labute approximate surface area is 283 Å². The highest BCUT2D eigenvalue weighted by atomic mass is 35.5. The fourth-order valence-corrected chi connectivity index (χ4v) is 6.64. The van der Waals surface area contributed by atoms with Crippen molar-refractivity contribution < 1.29 is 22.7 Å². The van der Waals surface area contributed by atoms with E-state index in [2.05, 4.69) is 5.32 Å². The van der Waals surface area contributed by atoms with Crippen LogP contribution in [-0.4, -0.2) is 50.9 Å². The summed E-state index contributed by atoms with van der Waals surface area (Å²) in [7, 11) is -2.68. The van der Waals surface area contributed by atoms with E-state index in [1.54, 1.807) is 31.4 Å². The molecule has 4 rings (SSSR count). The minimum absolute atomic E-state index is 0.0115. The van der Waals surface area contributed by atoms with Crippen molar-refractivity contribution in [3.05, 3.63) is 124 Å². The minimum Gasteiger partial charge on any atom is -0.497 e. The average molecular weight is 676 g/mol. The third kappa shape index (κ3) is 9.14. The Morgan fingerprint density at radius 1 is 0.872 bits per heavy atom. The van der Waals surface area contributed by atoms with Crippen LogP contribution in [0.1, 0.15) is 42.5 Å². The van der Waals surface area contributed by atoms with Crippen LogP contribution < -0.4 is 14.4 Å². The molecule has 0 unspecified atom stereocenters. The molecule has 2 amide bonds. The zero-order valence-corrected chi connectivity index (χ0v) is 29.0. The Bertz CT molecular complexity index is 1780. The monoisotopic (exact) mass is 675 g/mol. The molecule has 0 saturated heterocycles. The van der Waals surface area contributed by atoms with E-state index in [0.29, 0.717) is 22.9 Å². The number of amides is 2. The van der Waals surface area contributed by atoms with Gasteiger partial charge in [-0.25, -0.2) is 8.42 Å². The number of rotatable bonds is 14. The number of hydrogen-bond acceptors (Lipinski definition) is 5. The van der Waals surface area contributed by atoms with E-state index in [1.165, 1.54) is 29.2 Å². The summed E-state index contributed by atoms with van der Waals surface area (Å²) >= 11 is 6.08. The number of nitrogens with one attached hydrogen (secondary N) is 1. The first-order chi connectivity index (χ1) is 22.4. The highest BCUT2D eigenvalue weighted by Gasteiger charge is 2.35. The van der Waals surface area contributed by atoms with Crippen molar-refractivity contribution in [2.24, 2.45) is 0 Å². The molecule has 2 atom stereocenters. The molecule has 4 aromatic rings. The van der Waals surface area contributed by atoms with E-state index >= 15 is 0 Å². The summed E-state index contributed by atoms with van der Waals surface area (Å²) in [5.41, 5.74) is 3.77. The van der Waals surface area contributed by atoms with Crippen molar-refractivity contribution in [1.29, 1.82) is 0 Å². The maximum atomic E-state index is 14.6. The largest absolute Gasteiger partial charge is 0.497 e. The van der Waals surface area contributed by atoms with E-state index in [0.717, 1.165) is 26.6 Å². The Morgan fingerprint density at radius 2 is 1.55 bits per heavy atom. The highest BCUT2D eigenvalue weighted by Crippen LogP contribution is 2.28. The van der Waals surface area contributed by atoms with Crippen LogP contribution in [0.5, 0.6) is 5.75 Å². The molecule has 8 nitrogen and oxygen atoms in total. The van der Waals surface area contributed by atoms with Gasteiger partial charge in [0.25, 0.3) is 10.0 Å². The Morgan fingerprint density at radius 3 is 2.19 bits per heavy atom. The van der Waals surface area contributed by atoms with Gasteiger partial charge in [-0.15, -0.1) is 0 Å². The van der Waals surface area contributed by atoms with Crippen LogP contribution in [0.3, 0.4) is 0 Å². The lowest BCUT2D eigenvalue weighted by Gasteiger charge is -2.34. The molecule has 4 aromatic carbocycles. The van der Waals surface area contributed by atoms with Gasteiger partial charge in [0, 0.05) is 24.0 Å². The predicted molar refractivity (Wildman–Crippen MR) is 187 cm³/mol. The molecular weight excluding hydrogens is 634 g/mol. The van der Waals surface area contributed by atoms with Crippen molar-refractivity contribution in [3.63, 3.8) is 0 Å². The molecule has 0 aliphatic heterocycles. The first-order valence-corrected chi connectivity index (χ1v) is 17.4. The third-order valence-electron chi connectivity index (χ3n) is 8.22. The van der Waals surface area contributed by atoms with Crippen molar-refractivity contribution in [2.75, 3.05) is 18.0 Å². The average Bonchev–Trinajstić information content (AvgIpc) is 3.07. The topological polar surface area (TPSA) is 96.0 Å². The van der Waals surface area contributed by atoms with Gasteiger partial charge in [-0.3, -0.25) is 13.9 Å². The Hall–Kier alpha value is -4.34. The van der Waals surface area contributed by atoms with Crippen LogP contribution in [0.15, 0.2) is 102 Å². The lowest BCUT2D eigenvalue weighted by molar-refractivity contribution is -0.140. The number of hydrogen-bond donors (Lipinski definition) is 1. The molecule has 0 aliphatic carbocycles. The van der Waals surface area contributed by atoms with Crippen molar-refractivity contribution >= 4 is 39.1 Å². The standard InChI is InChI=1S/C37H42ClN3O5S/c1-6-28(4)39-37(43)35(23-29-11-8-7-9-12-29)40(24-30-13-10-14-33(22-30)46-5)36(42)25-41(32-18-15-26(2)27(3)21-32)47(44,45)34-19-16-31(38)17-20-34/h7-22,28,35H,6,23-25H2,1-5H3,(H,39,43)/t28-,35-/m1/s1. The number of sulfonamides is 1. The van der Waals surface area contributed by atoms with Gasteiger partial charge in [0.15, 0.2) is 0 Å². The fourth-order valence-electron chi connectivity index (χ4n) is 5.11. The van der Waals surface area contributed by atoms with Crippen LogP contribution in [0.4, 0.5) is 5.69 Å². The number of aryl methyl sites for hydroxylation is 2. The molecule has 0 bridgehead atoms. The Balaban J connectivity index is 1.83. The number of carbonyl (C=O) groups is 2. The van der Waals surface area contributed by atoms with Gasteiger partial charge in [-0.05, 0) is 98.0 Å². The smallest absolute Gasteiger partial charge is 0.264 e. The number of benzene rings is 4. The van der Waals surface area contributed by atoms with Crippen molar-refractivity contribution in [2.45, 2.75) is 64.1 Å². The number of ether oxygens (including phenoxy) is 1. The number of halogens is 1. The molecule has 248 valence electrons. The lowest BCUT2D eigenvalue weighted by atomic mass is 10.0. The fraction of sp³-hybridized carbons (Fsp3) is 0.297. The maximum absolute atomic E-state index is 14.6. The summed E-state index contributed by atoms with van der Waals surface area (Å²) in [6, 6.07) is 26.8. The van der Waals surface area contributed by atoms with Gasteiger partial charge < -0.3 is 15.0 Å². The number of anilines is 1. The Kier molecular flexibility index (Phi) is 12.1. The first kappa shape index (κ1) is 35.5. The van der Waals surface area contributed by atoms with E-state index < -0.39 is 28.5 Å². The molecule has 47 heavy (non-hydrogen) atoms. The van der Waals surface area contributed by atoms with Gasteiger partial charge in [-0.1, -0.05) is 67.1 Å². The van der Waals surface area contributed by atoms with Gasteiger partial charge in [-0.2, -0.15) is 0 Å². The molecule has 0 fully saturated rings. The van der Waals surface area contributed by atoms with Crippen molar-refractivity contribution in [3.8, 4) is 5.75 Å². The van der Waals surface area contributed by atoms with Crippen LogP contribution in [0.2, 0.25) is 5.02 Å². The molecule has 1 N–H and O–H groups in total. The zero-order chi connectivity index (χ0) is 34.1. The van der Waals surface area contributed by atoms with Gasteiger partial charge in [0.1, 0.15) is 18.3 Å². The number of nitrogens with zero attached hydrogens (tertiary/aromatic N) is 2. The molecule has 0 radical (unpaired) electrons. The van der Waals surface area contributed by atoms with E-state index in [-0.39, 0.29) is 29.8 Å². The summed E-state index contributed by atoms with van der Waals surface area (Å²) in [4.78, 5) is 30.1. The quantitative estimate of drug-likeness (QED) is 0.160. The van der Waals surface area contributed by atoms with Gasteiger partial charge in [0.05, 0.1) is 17.7 Å². The maximum Gasteiger partial charge on any atom is 0.264 e. The predicted octanol–water partition coefficient (Wildman–Crippen LogP) is 6.72. The van der Waals surface area contributed by atoms with Crippen LogP contribution in [0, 0.1) is 13.8 Å². The second kappa shape index (κ2) is 16.0. The summed E-state index contributed by atoms with van der Waals surface area (Å²) < 4.78 is 35.0. The molecule has 0 spiro atoms. The zero-order valence-electron chi connectivity index (χ0n) is 27.4. The van der Waals surface area contributed by atoms with Gasteiger partial charge >= 0.3 is 0 Å². The van der Waals surface area contributed by atoms with Crippen LogP contribution >= 0.6 is 11.6 Å². The molecule has 0 aromatic heterocycles. The molecular formula is C37H42ClN3O5S. The van der Waals surface area contributed by atoms with E-state index in [1.807, 2.05) is 76.2 Å². The van der Waals surface area contributed by atoms with Crippen molar-refractivity contribution in [1.82, 2.24) is 10.2 Å². The summed E-state index contributed by atoms with van der Waals surface area (Å²) in [5.74, 6) is -0.262. The summed E-state index contributed by atoms with van der Waals surface area (Å²) in [6.07, 6.45) is 0.930. The second-order valence-electron chi connectivity index (χ2n) is 11.6. The van der Waals surface area contributed by atoms with E-state index in [9.17, 15) is 18.0 Å². The minimum atomic E-state index is -4.23. The highest BCUT2D eigenvalue weighted by molar-refractivity contribution is 7.92. The van der Waals surface area contributed by atoms with Crippen LogP contribution in [-0.2, 0) is 32.6 Å².